The van der Waals surface area contributed by atoms with Gasteiger partial charge < -0.3 is 14.6 Å². The first-order valence-electron chi connectivity index (χ1n) is 17.0. The van der Waals surface area contributed by atoms with Crippen LogP contribution in [0.5, 0.6) is 0 Å². The molecular weight excluding hydrogens is 488 g/mol. The second-order valence-corrected chi connectivity index (χ2v) is 12.1. The van der Waals surface area contributed by atoms with E-state index in [-0.39, 0.29) is 25.2 Å². The molecule has 0 radical (unpaired) electrons. The van der Waals surface area contributed by atoms with E-state index in [4.69, 9.17) is 9.47 Å². The minimum absolute atomic E-state index is 0.0588. The van der Waals surface area contributed by atoms with Gasteiger partial charge in [0, 0.05) is 12.8 Å². The van der Waals surface area contributed by atoms with E-state index >= 15 is 0 Å². The molecule has 5 heteroatoms. The minimum Gasteiger partial charge on any atom is -0.462 e. The topological polar surface area (TPSA) is 72.8 Å². The Balaban J connectivity index is 3.54. The fourth-order valence-corrected chi connectivity index (χ4v) is 4.97. The smallest absolute Gasteiger partial charge is 0.306 e. The van der Waals surface area contributed by atoms with Crippen molar-refractivity contribution in [1.29, 1.82) is 0 Å². The van der Waals surface area contributed by atoms with Crippen LogP contribution in [0.2, 0.25) is 0 Å². The van der Waals surface area contributed by atoms with E-state index in [1.807, 2.05) is 0 Å². The summed E-state index contributed by atoms with van der Waals surface area (Å²) in [5.74, 6) is 0.257. The molecule has 0 unspecified atom stereocenters. The van der Waals surface area contributed by atoms with Crippen molar-refractivity contribution >= 4 is 11.9 Å². The summed E-state index contributed by atoms with van der Waals surface area (Å²) in [5.41, 5.74) is 0. The SMILES string of the molecule is CCCCCCCCCCCCC(=O)OC[C@H](CO)OC(=O)CCCCCCCCCCCCCCC(C)C. The van der Waals surface area contributed by atoms with Gasteiger partial charge in [0.25, 0.3) is 0 Å². The van der Waals surface area contributed by atoms with E-state index in [9.17, 15) is 14.7 Å². The lowest BCUT2D eigenvalue weighted by atomic mass is 10.0. The molecule has 0 aromatic rings. The quantitative estimate of drug-likeness (QED) is 0.0706. The summed E-state index contributed by atoms with van der Waals surface area (Å²) in [4.78, 5) is 24.1. The summed E-state index contributed by atoms with van der Waals surface area (Å²) >= 11 is 0. The third-order valence-corrected chi connectivity index (χ3v) is 7.58. The first kappa shape index (κ1) is 37.9. The molecule has 39 heavy (non-hydrogen) atoms. The van der Waals surface area contributed by atoms with E-state index < -0.39 is 6.10 Å². The summed E-state index contributed by atoms with van der Waals surface area (Å²) in [6.07, 6.45) is 28.7. The molecule has 1 atom stereocenters. The second-order valence-electron chi connectivity index (χ2n) is 12.1. The van der Waals surface area contributed by atoms with Gasteiger partial charge in [-0.05, 0) is 18.8 Å². The number of unbranched alkanes of at least 4 members (excludes halogenated alkanes) is 20. The van der Waals surface area contributed by atoms with E-state index in [1.54, 1.807) is 0 Å². The molecule has 5 nitrogen and oxygen atoms in total. The number of esters is 2. The fourth-order valence-electron chi connectivity index (χ4n) is 4.97. The summed E-state index contributed by atoms with van der Waals surface area (Å²) in [6.45, 7) is 6.47. The normalized spacial score (nSPS) is 12.1. The maximum Gasteiger partial charge on any atom is 0.306 e. The number of hydrogen-bond donors (Lipinski definition) is 1. The molecule has 0 spiro atoms. The second kappa shape index (κ2) is 29.9. The van der Waals surface area contributed by atoms with E-state index in [0.29, 0.717) is 12.8 Å². The van der Waals surface area contributed by atoms with Crippen LogP contribution < -0.4 is 0 Å². The van der Waals surface area contributed by atoms with Gasteiger partial charge in [-0.2, -0.15) is 0 Å². The standard InChI is InChI=1S/C34H66O5/c1-4-5-6-7-8-9-15-18-21-24-27-33(36)38-30-32(29-35)39-34(37)28-25-22-19-16-13-11-10-12-14-17-20-23-26-31(2)3/h31-32,35H,4-30H2,1-3H3/t32-/m0/s1. The molecule has 0 rings (SSSR count). The highest BCUT2D eigenvalue weighted by atomic mass is 16.6. The van der Waals surface area contributed by atoms with Gasteiger partial charge in [0.1, 0.15) is 6.61 Å². The van der Waals surface area contributed by atoms with E-state index in [2.05, 4.69) is 20.8 Å². The average Bonchev–Trinajstić information content (AvgIpc) is 2.92. The van der Waals surface area contributed by atoms with Crippen molar-refractivity contribution in [3.63, 3.8) is 0 Å². The predicted molar refractivity (Wildman–Crippen MR) is 164 cm³/mol. The van der Waals surface area contributed by atoms with Crippen LogP contribution in [0.25, 0.3) is 0 Å². The van der Waals surface area contributed by atoms with E-state index in [0.717, 1.165) is 44.4 Å². The van der Waals surface area contributed by atoms with Crippen molar-refractivity contribution in [2.24, 2.45) is 5.92 Å². The molecule has 0 heterocycles. The van der Waals surface area contributed by atoms with Crippen LogP contribution in [-0.4, -0.2) is 36.4 Å². The van der Waals surface area contributed by atoms with Crippen molar-refractivity contribution in [1.82, 2.24) is 0 Å². The first-order chi connectivity index (χ1) is 19.0. The van der Waals surface area contributed by atoms with Gasteiger partial charge in [-0.25, -0.2) is 0 Å². The third kappa shape index (κ3) is 29.7. The lowest BCUT2D eigenvalue weighted by Crippen LogP contribution is -2.28. The molecule has 1 N–H and O–H groups in total. The molecule has 0 saturated heterocycles. The fraction of sp³-hybridized carbons (Fsp3) is 0.941. The van der Waals surface area contributed by atoms with Gasteiger partial charge in [0.05, 0.1) is 6.61 Å². The highest BCUT2D eigenvalue weighted by Gasteiger charge is 2.16. The molecular formula is C34H66O5. The molecule has 0 aliphatic carbocycles. The lowest BCUT2D eigenvalue weighted by molar-refractivity contribution is -0.161. The zero-order chi connectivity index (χ0) is 28.8. The van der Waals surface area contributed by atoms with Gasteiger partial charge in [0.15, 0.2) is 6.10 Å². The number of carbonyl (C=O) groups is 2. The molecule has 0 amide bonds. The van der Waals surface area contributed by atoms with Crippen LogP contribution >= 0.6 is 0 Å². The zero-order valence-corrected chi connectivity index (χ0v) is 26.3. The van der Waals surface area contributed by atoms with Crippen LogP contribution in [0.4, 0.5) is 0 Å². The van der Waals surface area contributed by atoms with Crippen molar-refractivity contribution in [2.75, 3.05) is 13.2 Å². The number of carbonyl (C=O) groups excluding carboxylic acids is 2. The molecule has 0 aromatic heterocycles. The molecule has 0 aliphatic heterocycles. The third-order valence-electron chi connectivity index (χ3n) is 7.58. The van der Waals surface area contributed by atoms with E-state index in [1.165, 1.54) is 109 Å². The number of rotatable bonds is 30. The van der Waals surface area contributed by atoms with Crippen molar-refractivity contribution < 1.29 is 24.2 Å². The summed E-state index contributed by atoms with van der Waals surface area (Å²) in [6, 6.07) is 0. The lowest BCUT2D eigenvalue weighted by Gasteiger charge is -2.15. The average molecular weight is 555 g/mol. The van der Waals surface area contributed by atoms with Crippen molar-refractivity contribution in [3.05, 3.63) is 0 Å². The number of ether oxygens (including phenoxy) is 2. The Labute approximate surface area is 242 Å². The van der Waals surface area contributed by atoms with Crippen LogP contribution in [0.1, 0.15) is 181 Å². The first-order valence-corrected chi connectivity index (χ1v) is 17.0. The van der Waals surface area contributed by atoms with Crippen molar-refractivity contribution in [2.45, 2.75) is 187 Å². The monoisotopic (exact) mass is 554 g/mol. The molecule has 0 saturated carbocycles. The molecule has 0 bridgehead atoms. The molecule has 232 valence electrons. The molecule has 0 fully saturated rings. The maximum atomic E-state index is 12.1. The maximum absolute atomic E-state index is 12.1. The van der Waals surface area contributed by atoms with Gasteiger partial charge in [-0.3, -0.25) is 9.59 Å². The van der Waals surface area contributed by atoms with Crippen LogP contribution in [0, 0.1) is 5.92 Å². The Morgan fingerprint density at radius 1 is 0.564 bits per heavy atom. The zero-order valence-electron chi connectivity index (χ0n) is 26.3. The number of hydrogen-bond acceptors (Lipinski definition) is 5. The number of aliphatic hydroxyl groups is 1. The molecule has 0 aromatic carbocycles. The molecule has 0 aliphatic rings. The number of aliphatic hydroxyl groups excluding tert-OH is 1. The Morgan fingerprint density at radius 2 is 0.949 bits per heavy atom. The Hall–Kier alpha value is -1.10. The van der Waals surface area contributed by atoms with Crippen LogP contribution in [0.15, 0.2) is 0 Å². The Kier molecular flexibility index (Phi) is 29.0. The van der Waals surface area contributed by atoms with Gasteiger partial charge in [-0.15, -0.1) is 0 Å². The van der Waals surface area contributed by atoms with Crippen LogP contribution in [-0.2, 0) is 19.1 Å². The predicted octanol–water partition coefficient (Wildman–Crippen LogP) is 9.86. The Bertz CT molecular complexity index is 534. The Morgan fingerprint density at radius 3 is 1.36 bits per heavy atom. The van der Waals surface area contributed by atoms with Crippen molar-refractivity contribution in [3.8, 4) is 0 Å². The highest BCUT2D eigenvalue weighted by molar-refractivity contribution is 5.70. The van der Waals surface area contributed by atoms with Gasteiger partial charge in [-0.1, -0.05) is 156 Å². The van der Waals surface area contributed by atoms with Crippen LogP contribution in [0.3, 0.4) is 0 Å². The van der Waals surface area contributed by atoms with Gasteiger partial charge in [0.2, 0.25) is 0 Å². The highest BCUT2D eigenvalue weighted by Crippen LogP contribution is 2.15. The summed E-state index contributed by atoms with van der Waals surface area (Å²) in [5, 5.41) is 9.49. The largest absolute Gasteiger partial charge is 0.462 e. The minimum atomic E-state index is -0.760. The summed E-state index contributed by atoms with van der Waals surface area (Å²) in [7, 11) is 0. The van der Waals surface area contributed by atoms with Gasteiger partial charge >= 0.3 is 11.9 Å². The summed E-state index contributed by atoms with van der Waals surface area (Å²) < 4.78 is 10.5.